The summed E-state index contributed by atoms with van der Waals surface area (Å²) < 4.78 is 31.4. The predicted octanol–water partition coefficient (Wildman–Crippen LogP) is 0.962. The van der Waals surface area contributed by atoms with Crippen molar-refractivity contribution in [2.24, 2.45) is 4.99 Å². The maximum absolute atomic E-state index is 12.3. The molecule has 0 atom stereocenters. The summed E-state index contributed by atoms with van der Waals surface area (Å²) in [6.45, 7) is 9.34. The molecular formula is C14H31IN4O3S. The Kier molecular flexibility index (Phi) is 11.4. The Morgan fingerprint density at radius 3 is 2.35 bits per heavy atom. The third-order valence-corrected chi connectivity index (χ3v) is 5.30. The number of hydrogen-bond acceptors (Lipinski definition) is 4. The minimum absolute atomic E-state index is 0. The molecule has 7 nitrogen and oxygen atoms in total. The molecule has 23 heavy (non-hydrogen) atoms. The molecule has 0 spiro atoms. The zero-order valence-corrected chi connectivity index (χ0v) is 17.8. The van der Waals surface area contributed by atoms with Gasteiger partial charge >= 0.3 is 0 Å². The number of ether oxygens (including phenoxy) is 1. The van der Waals surface area contributed by atoms with E-state index >= 15 is 0 Å². The number of guanidine groups is 1. The first kappa shape index (κ1) is 22.9. The molecule has 0 amide bonds. The van der Waals surface area contributed by atoms with Crippen LogP contribution < -0.4 is 5.32 Å². The van der Waals surface area contributed by atoms with E-state index in [0.717, 1.165) is 18.9 Å². The lowest BCUT2D eigenvalue weighted by atomic mass is 10.4. The van der Waals surface area contributed by atoms with Gasteiger partial charge in [0, 0.05) is 39.8 Å². The molecule has 0 aromatic carbocycles. The number of nitrogens with zero attached hydrogens (tertiary/aromatic N) is 3. The van der Waals surface area contributed by atoms with E-state index in [4.69, 9.17) is 4.74 Å². The molecule has 0 saturated carbocycles. The molecule has 1 N–H and O–H groups in total. The second kappa shape index (κ2) is 11.4. The lowest BCUT2D eigenvalue weighted by molar-refractivity contribution is 0.0904. The standard InChI is InChI=1S/C14H30N4O3S.HI/c1-5-6-16-14(15-4)17-7-9-18(10-8-17)22(19,20)12-11-21-13(2)3;/h13H,5-12H2,1-4H3,(H,15,16);1H. The fraction of sp³-hybridized carbons (Fsp3) is 0.929. The zero-order valence-electron chi connectivity index (χ0n) is 14.6. The highest BCUT2D eigenvalue weighted by Gasteiger charge is 2.27. The van der Waals surface area contributed by atoms with Crippen molar-refractivity contribution < 1.29 is 13.2 Å². The van der Waals surface area contributed by atoms with Crippen LogP contribution in [0.2, 0.25) is 0 Å². The van der Waals surface area contributed by atoms with Gasteiger partial charge in [-0.1, -0.05) is 6.92 Å². The number of rotatable bonds is 7. The van der Waals surface area contributed by atoms with Gasteiger partial charge in [-0.15, -0.1) is 24.0 Å². The van der Waals surface area contributed by atoms with Gasteiger partial charge in [0.2, 0.25) is 10.0 Å². The van der Waals surface area contributed by atoms with E-state index in [9.17, 15) is 8.42 Å². The molecule has 9 heteroatoms. The third kappa shape index (κ3) is 7.99. The van der Waals surface area contributed by atoms with Crippen molar-refractivity contribution in [1.82, 2.24) is 14.5 Å². The van der Waals surface area contributed by atoms with Gasteiger partial charge in [-0.25, -0.2) is 8.42 Å². The van der Waals surface area contributed by atoms with Crippen LogP contribution in [-0.2, 0) is 14.8 Å². The summed E-state index contributed by atoms with van der Waals surface area (Å²) in [5, 5.41) is 3.28. The average molecular weight is 462 g/mol. The zero-order chi connectivity index (χ0) is 16.6. The summed E-state index contributed by atoms with van der Waals surface area (Å²) in [5.74, 6) is 0.899. The molecule has 0 bridgehead atoms. The molecule has 0 aromatic heterocycles. The predicted molar refractivity (Wildman–Crippen MR) is 105 cm³/mol. The monoisotopic (exact) mass is 462 g/mol. The maximum Gasteiger partial charge on any atom is 0.216 e. The summed E-state index contributed by atoms with van der Waals surface area (Å²) in [4.78, 5) is 6.35. The van der Waals surface area contributed by atoms with Crippen LogP contribution in [0.15, 0.2) is 4.99 Å². The van der Waals surface area contributed by atoms with Crippen LogP contribution in [0.25, 0.3) is 0 Å². The van der Waals surface area contributed by atoms with E-state index in [0.29, 0.717) is 26.2 Å². The summed E-state index contributed by atoms with van der Waals surface area (Å²) in [6, 6.07) is 0. The summed E-state index contributed by atoms with van der Waals surface area (Å²) >= 11 is 0. The molecule has 1 heterocycles. The lowest BCUT2D eigenvalue weighted by Gasteiger charge is -2.35. The third-order valence-electron chi connectivity index (χ3n) is 3.47. The van der Waals surface area contributed by atoms with Gasteiger partial charge in [0.25, 0.3) is 0 Å². The number of piperazine rings is 1. The molecule has 1 saturated heterocycles. The smallest absolute Gasteiger partial charge is 0.216 e. The lowest BCUT2D eigenvalue weighted by Crippen LogP contribution is -2.54. The Bertz CT molecular complexity index is 449. The first-order chi connectivity index (χ1) is 10.4. The van der Waals surface area contributed by atoms with Crippen molar-refractivity contribution >= 4 is 40.0 Å². The fourth-order valence-corrected chi connectivity index (χ4v) is 3.55. The highest BCUT2D eigenvalue weighted by molar-refractivity contribution is 14.0. The number of sulfonamides is 1. The molecule has 1 aliphatic rings. The van der Waals surface area contributed by atoms with Gasteiger partial charge in [0.15, 0.2) is 5.96 Å². The van der Waals surface area contributed by atoms with Crippen molar-refractivity contribution in [2.75, 3.05) is 52.1 Å². The molecule has 1 fully saturated rings. The first-order valence-electron chi connectivity index (χ1n) is 7.95. The van der Waals surface area contributed by atoms with E-state index in [-0.39, 0.29) is 42.4 Å². The van der Waals surface area contributed by atoms with Crippen LogP contribution in [0.1, 0.15) is 27.2 Å². The molecule has 1 rings (SSSR count). The Labute approximate surface area is 157 Å². The molecule has 0 unspecified atom stereocenters. The van der Waals surface area contributed by atoms with E-state index in [1.54, 1.807) is 11.4 Å². The SMILES string of the molecule is CCCNC(=NC)N1CCN(S(=O)(=O)CCOC(C)C)CC1.I. The van der Waals surface area contributed by atoms with E-state index in [2.05, 4.69) is 22.1 Å². The van der Waals surface area contributed by atoms with E-state index in [1.807, 2.05) is 13.8 Å². The van der Waals surface area contributed by atoms with Gasteiger partial charge < -0.3 is 15.0 Å². The second-order valence-corrected chi connectivity index (χ2v) is 7.68. The van der Waals surface area contributed by atoms with Crippen LogP contribution in [-0.4, -0.2) is 81.8 Å². The van der Waals surface area contributed by atoms with Gasteiger partial charge in [-0.2, -0.15) is 4.31 Å². The van der Waals surface area contributed by atoms with Crippen molar-refractivity contribution in [1.29, 1.82) is 0 Å². The molecule has 1 aliphatic heterocycles. The number of halogens is 1. The minimum Gasteiger partial charge on any atom is -0.378 e. The Morgan fingerprint density at radius 2 is 1.87 bits per heavy atom. The van der Waals surface area contributed by atoms with Crippen LogP contribution in [0.4, 0.5) is 0 Å². The number of hydrogen-bond donors (Lipinski definition) is 1. The minimum atomic E-state index is -3.23. The highest BCUT2D eigenvalue weighted by Crippen LogP contribution is 2.09. The second-order valence-electron chi connectivity index (χ2n) is 5.60. The summed E-state index contributed by atoms with van der Waals surface area (Å²) in [7, 11) is -1.48. The van der Waals surface area contributed by atoms with E-state index in [1.165, 1.54) is 0 Å². The molecular weight excluding hydrogens is 431 g/mol. The van der Waals surface area contributed by atoms with Gasteiger partial charge in [0.05, 0.1) is 18.5 Å². The highest BCUT2D eigenvalue weighted by atomic mass is 127. The largest absolute Gasteiger partial charge is 0.378 e. The van der Waals surface area contributed by atoms with Crippen LogP contribution >= 0.6 is 24.0 Å². The average Bonchev–Trinajstić information content (AvgIpc) is 2.48. The fourth-order valence-electron chi connectivity index (χ4n) is 2.27. The van der Waals surface area contributed by atoms with E-state index < -0.39 is 10.0 Å². The number of aliphatic imine (C=N–C) groups is 1. The molecule has 0 aliphatic carbocycles. The van der Waals surface area contributed by atoms with Crippen molar-refractivity contribution in [3.05, 3.63) is 0 Å². The summed E-state index contributed by atoms with van der Waals surface area (Å²) in [6.07, 6.45) is 1.09. The van der Waals surface area contributed by atoms with Gasteiger partial charge in [-0.3, -0.25) is 4.99 Å². The Morgan fingerprint density at radius 1 is 1.26 bits per heavy atom. The molecule has 138 valence electrons. The van der Waals surface area contributed by atoms with Crippen LogP contribution in [0, 0.1) is 0 Å². The van der Waals surface area contributed by atoms with Gasteiger partial charge in [-0.05, 0) is 20.3 Å². The Balaban J connectivity index is 0.00000484. The maximum atomic E-state index is 12.3. The van der Waals surface area contributed by atoms with Crippen molar-refractivity contribution in [3.8, 4) is 0 Å². The van der Waals surface area contributed by atoms with Crippen LogP contribution in [0.3, 0.4) is 0 Å². The first-order valence-corrected chi connectivity index (χ1v) is 9.56. The van der Waals surface area contributed by atoms with Gasteiger partial charge in [0.1, 0.15) is 0 Å². The van der Waals surface area contributed by atoms with Crippen molar-refractivity contribution in [3.63, 3.8) is 0 Å². The Hall–Kier alpha value is -0.130. The molecule has 0 radical (unpaired) electrons. The molecule has 0 aromatic rings. The number of nitrogens with one attached hydrogen (secondary N) is 1. The topological polar surface area (TPSA) is 74.2 Å². The van der Waals surface area contributed by atoms with Crippen LogP contribution in [0.5, 0.6) is 0 Å². The quantitative estimate of drug-likeness (QED) is 0.347. The normalized spacial score (nSPS) is 17.3. The summed E-state index contributed by atoms with van der Waals surface area (Å²) in [5.41, 5.74) is 0. The van der Waals surface area contributed by atoms with Crippen molar-refractivity contribution in [2.45, 2.75) is 33.3 Å².